The van der Waals surface area contributed by atoms with Gasteiger partial charge in [-0.3, -0.25) is 4.79 Å². The van der Waals surface area contributed by atoms with Gasteiger partial charge in [0.25, 0.3) is 5.91 Å². The van der Waals surface area contributed by atoms with Gasteiger partial charge >= 0.3 is 5.97 Å². The molecule has 1 aromatic carbocycles. The summed E-state index contributed by atoms with van der Waals surface area (Å²) in [5.41, 5.74) is 0.830. The Morgan fingerprint density at radius 1 is 1.25 bits per heavy atom. The quantitative estimate of drug-likeness (QED) is 0.835. The van der Waals surface area contributed by atoms with Crippen LogP contribution in [0.4, 0.5) is 0 Å². The number of amides is 1. The Morgan fingerprint density at radius 2 is 1.80 bits per heavy atom. The SMILES string of the molecule is CCC(C)(NC(=O)COc1cc(C)cc(C)c1)C(=O)O. The van der Waals surface area contributed by atoms with Crippen LogP contribution in [0.15, 0.2) is 18.2 Å². The third-order valence-corrected chi connectivity index (χ3v) is 3.16. The van der Waals surface area contributed by atoms with Crippen LogP contribution in [0.2, 0.25) is 0 Å². The van der Waals surface area contributed by atoms with Gasteiger partial charge in [0.1, 0.15) is 11.3 Å². The first-order chi connectivity index (χ1) is 9.26. The molecule has 1 atom stereocenters. The van der Waals surface area contributed by atoms with E-state index in [2.05, 4.69) is 5.32 Å². The van der Waals surface area contributed by atoms with E-state index in [1.54, 1.807) is 6.92 Å². The van der Waals surface area contributed by atoms with Crippen LogP contribution in [-0.2, 0) is 9.59 Å². The zero-order valence-corrected chi connectivity index (χ0v) is 12.3. The minimum atomic E-state index is -1.26. The fraction of sp³-hybridized carbons (Fsp3) is 0.467. The first kappa shape index (κ1) is 16.0. The molecule has 1 aromatic rings. The van der Waals surface area contributed by atoms with Gasteiger partial charge in [-0.1, -0.05) is 13.0 Å². The number of carbonyl (C=O) groups is 2. The molecule has 0 aliphatic carbocycles. The lowest BCUT2D eigenvalue weighted by molar-refractivity contribution is -0.147. The summed E-state index contributed by atoms with van der Waals surface area (Å²) in [5, 5.41) is 11.6. The largest absolute Gasteiger partial charge is 0.484 e. The van der Waals surface area contributed by atoms with E-state index in [9.17, 15) is 9.59 Å². The number of benzene rings is 1. The number of hydrogen-bond donors (Lipinski definition) is 2. The highest BCUT2D eigenvalue weighted by molar-refractivity contribution is 5.87. The number of carbonyl (C=O) groups excluding carboxylic acids is 1. The van der Waals surface area contributed by atoms with Crippen molar-refractivity contribution >= 4 is 11.9 Å². The molecule has 1 rings (SSSR count). The van der Waals surface area contributed by atoms with Crippen LogP contribution in [0, 0.1) is 13.8 Å². The van der Waals surface area contributed by atoms with E-state index < -0.39 is 17.4 Å². The van der Waals surface area contributed by atoms with E-state index in [0.717, 1.165) is 11.1 Å². The third-order valence-electron chi connectivity index (χ3n) is 3.16. The number of aliphatic carboxylic acids is 1. The van der Waals surface area contributed by atoms with Crippen LogP contribution in [0.1, 0.15) is 31.4 Å². The van der Waals surface area contributed by atoms with E-state index >= 15 is 0 Å². The number of aryl methyl sites for hydroxylation is 2. The number of hydrogen-bond acceptors (Lipinski definition) is 3. The van der Waals surface area contributed by atoms with Gasteiger partial charge in [0.2, 0.25) is 0 Å². The standard InChI is InChI=1S/C15H21NO4/c1-5-15(4,14(18)19)16-13(17)9-20-12-7-10(2)6-11(3)8-12/h6-8H,5,9H2,1-4H3,(H,16,17)(H,18,19). The number of rotatable bonds is 6. The van der Waals surface area contributed by atoms with Gasteiger partial charge in [-0.05, 0) is 50.5 Å². The zero-order chi connectivity index (χ0) is 15.3. The summed E-state index contributed by atoms with van der Waals surface area (Å²) < 4.78 is 5.39. The number of nitrogens with one attached hydrogen (secondary N) is 1. The molecular weight excluding hydrogens is 258 g/mol. The molecule has 0 aliphatic heterocycles. The van der Waals surface area contributed by atoms with Crippen molar-refractivity contribution in [2.45, 2.75) is 39.7 Å². The first-order valence-corrected chi connectivity index (χ1v) is 6.52. The second-order valence-electron chi connectivity index (χ2n) is 5.15. The molecule has 0 saturated carbocycles. The van der Waals surface area contributed by atoms with Gasteiger partial charge < -0.3 is 15.2 Å². The Labute approximate surface area is 118 Å². The van der Waals surface area contributed by atoms with Crippen LogP contribution in [0.5, 0.6) is 5.75 Å². The minimum Gasteiger partial charge on any atom is -0.484 e. The second-order valence-corrected chi connectivity index (χ2v) is 5.15. The van der Waals surface area contributed by atoms with E-state index in [1.807, 2.05) is 32.0 Å². The predicted molar refractivity (Wildman–Crippen MR) is 75.9 cm³/mol. The van der Waals surface area contributed by atoms with Crippen molar-refractivity contribution in [1.82, 2.24) is 5.32 Å². The van der Waals surface area contributed by atoms with Gasteiger partial charge in [-0.25, -0.2) is 4.79 Å². The van der Waals surface area contributed by atoms with Crippen LogP contribution in [-0.4, -0.2) is 29.1 Å². The molecule has 5 heteroatoms. The fourth-order valence-electron chi connectivity index (χ4n) is 1.80. The Bertz CT molecular complexity index is 492. The molecule has 0 spiro atoms. The fourth-order valence-corrected chi connectivity index (χ4v) is 1.80. The summed E-state index contributed by atoms with van der Waals surface area (Å²) in [5.74, 6) is -0.901. The Hall–Kier alpha value is -2.04. The summed E-state index contributed by atoms with van der Waals surface area (Å²) in [6, 6.07) is 5.67. The van der Waals surface area contributed by atoms with E-state index in [4.69, 9.17) is 9.84 Å². The Morgan fingerprint density at radius 3 is 2.25 bits per heavy atom. The highest BCUT2D eigenvalue weighted by atomic mass is 16.5. The van der Waals surface area contributed by atoms with Crippen molar-refractivity contribution in [1.29, 1.82) is 0 Å². The molecule has 110 valence electrons. The summed E-state index contributed by atoms with van der Waals surface area (Å²) in [4.78, 5) is 22.9. The Kier molecular flexibility index (Phi) is 5.13. The van der Waals surface area contributed by atoms with E-state index in [-0.39, 0.29) is 6.61 Å². The molecule has 0 saturated heterocycles. The van der Waals surface area contributed by atoms with Gasteiger partial charge in [0.15, 0.2) is 6.61 Å². The van der Waals surface area contributed by atoms with Gasteiger partial charge in [-0.15, -0.1) is 0 Å². The highest BCUT2D eigenvalue weighted by Gasteiger charge is 2.32. The highest BCUT2D eigenvalue weighted by Crippen LogP contribution is 2.16. The number of carboxylic acid groups (broad SMARTS) is 1. The topological polar surface area (TPSA) is 75.6 Å². The van der Waals surface area contributed by atoms with Crippen molar-refractivity contribution in [3.05, 3.63) is 29.3 Å². The molecule has 0 heterocycles. The predicted octanol–water partition coefficient (Wildman–Crippen LogP) is 2.05. The number of ether oxygens (including phenoxy) is 1. The molecule has 0 fully saturated rings. The van der Waals surface area contributed by atoms with Crippen molar-refractivity contribution in [2.24, 2.45) is 0 Å². The van der Waals surface area contributed by atoms with Crippen LogP contribution in [0.3, 0.4) is 0 Å². The third kappa shape index (κ3) is 4.26. The van der Waals surface area contributed by atoms with Crippen LogP contribution >= 0.6 is 0 Å². The van der Waals surface area contributed by atoms with Crippen LogP contribution in [0.25, 0.3) is 0 Å². The zero-order valence-electron chi connectivity index (χ0n) is 12.3. The van der Waals surface area contributed by atoms with Gasteiger partial charge in [-0.2, -0.15) is 0 Å². The Balaban J connectivity index is 2.61. The molecule has 5 nitrogen and oxygen atoms in total. The summed E-state index contributed by atoms with van der Waals surface area (Å²) in [7, 11) is 0. The summed E-state index contributed by atoms with van der Waals surface area (Å²) >= 11 is 0. The molecule has 20 heavy (non-hydrogen) atoms. The molecule has 0 radical (unpaired) electrons. The average Bonchev–Trinajstić information content (AvgIpc) is 2.35. The molecule has 0 aromatic heterocycles. The monoisotopic (exact) mass is 279 g/mol. The van der Waals surface area contributed by atoms with E-state index in [1.165, 1.54) is 6.92 Å². The molecule has 2 N–H and O–H groups in total. The number of carboxylic acids is 1. The van der Waals surface area contributed by atoms with Crippen molar-refractivity contribution in [3.63, 3.8) is 0 Å². The lowest BCUT2D eigenvalue weighted by Gasteiger charge is -2.24. The maximum Gasteiger partial charge on any atom is 0.329 e. The lowest BCUT2D eigenvalue weighted by Crippen LogP contribution is -2.53. The molecule has 1 amide bonds. The maximum atomic E-state index is 11.8. The van der Waals surface area contributed by atoms with Crippen molar-refractivity contribution < 1.29 is 19.4 Å². The maximum absolute atomic E-state index is 11.8. The average molecular weight is 279 g/mol. The summed E-state index contributed by atoms with van der Waals surface area (Å²) in [6.45, 7) is 6.87. The normalized spacial score (nSPS) is 13.4. The van der Waals surface area contributed by atoms with Crippen molar-refractivity contribution in [3.8, 4) is 5.75 Å². The minimum absolute atomic E-state index is 0.203. The smallest absolute Gasteiger partial charge is 0.329 e. The van der Waals surface area contributed by atoms with Gasteiger partial charge in [0.05, 0.1) is 0 Å². The molecule has 0 bridgehead atoms. The van der Waals surface area contributed by atoms with E-state index in [0.29, 0.717) is 12.2 Å². The van der Waals surface area contributed by atoms with Crippen LogP contribution < -0.4 is 10.1 Å². The molecular formula is C15H21NO4. The van der Waals surface area contributed by atoms with Gasteiger partial charge in [0, 0.05) is 0 Å². The second kappa shape index (κ2) is 6.41. The lowest BCUT2D eigenvalue weighted by atomic mass is 9.99. The first-order valence-electron chi connectivity index (χ1n) is 6.52. The van der Waals surface area contributed by atoms with Crippen molar-refractivity contribution in [2.75, 3.05) is 6.61 Å². The summed E-state index contributed by atoms with van der Waals surface area (Å²) in [6.07, 6.45) is 0.303. The molecule has 1 unspecified atom stereocenters. The molecule has 0 aliphatic rings.